The van der Waals surface area contributed by atoms with Crippen LogP contribution in [0.1, 0.15) is 23.6 Å². The normalized spacial score (nSPS) is 11.9. The number of sulfonamides is 1. The molecule has 7 nitrogen and oxygen atoms in total. The molecule has 10 heteroatoms. The summed E-state index contributed by atoms with van der Waals surface area (Å²) < 4.78 is 29.0. The molecule has 0 aliphatic rings. The number of aryl methyl sites for hydroxylation is 1. The van der Waals surface area contributed by atoms with E-state index in [1.54, 1.807) is 31.2 Å². The summed E-state index contributed by atoms with van der Waals surface area (Å²) in [5.41, 5.74) is 2.70. The van der Waals surface area contributed by atoms with Crippen molar-refractivity contribution in [3.8, 4) is 0 Å². The van der Waals surface area contributed by atoms with Crippen LogP contribution in [0.5, 0.6) is 0 Å². The van der Waals surface area contributed by atoms with Gasteiger partial charge in [0, 0.05) is 19.5 Å². The first-order valence-corrected chi connectivity index (χ1v) is 16.0. The van der Waals surface area contributed by atoms with Crippen molar-refractivity contribution in [2.45, 2.75) is 37.8 Å². The van der Waals surface area contributed by atoms with Gasteiger partial charge in [-0.1, -0.05) is 108 Å². The molecule has 1 unspecified atom stereocenters. The summed E-state index contributed by atoms with van der Waals surface area (Å²) in [6.07, 6.45) is 0.230. The molecule has 0 bridgehead atoms. The number of likely N-dealkylation sites (N-methyl/N-ethyl adjacent to an activating group) is 1. The fourth-order valence-corrected chi connectivity index (χ4v) is 6.67. The number of nitrogens with one attached hydrogen (secondary N) is 1. The van der Waals surface area contributed by atoms with E-state index in [0.717, 1.165) is 21.0 Å². The van der Waals surface area contributed by atoms with E-state index >= 15 is 0 Å². The van der Waals surface area contributed by atoms with Crippen LogP contribution in [-0.4, -0.2) is 44.3 Å². The molecule has 4 aromatic rings. The third-order valence-corrected chi connectivity index (χ3v) is 9.45. The van der Waals surface area contributed by atoms with E-state index < -0.39 is 28.5 Å². The van der Waals surface area contributed by atoms with Crippen molar-refractivity contribution in [1.29, 1.82) is 0 Å². The summed E-state index contributed by atoms with van der Waals surface area (Å²) in [5, 5.41) is 2.98. The quantitative estimate of drug-likeness (QED) is 0.198. The molecule has 0 aliphatic carbocycles. The lowest BCUT2D eigenvalue weighted by Gasteiger charge is -2.34. The minimum atomic E-state index is -4.27. The fourth-order valence-electron chi connectivity index (χ4n) is 4.77. The smallest absolute Gasteiger partial charge is 0.264 e. The van der Waals surface area contributed by atoms with Gasteiger partial charge in [-0.3, -0.25) is 13.9 Å². The van der Waals surface area contributed by atoms with E-state index in [2.05, 4.69) is 5.32 Å². The predicted molar refractivity (Wildman–Crippen MR) is 172 cm³/mol. The zero-order valence-corrected chi connectivity index (χ0v) is 26.2. The molecule has 0 heterocycles. The molecule has 0 aliphatic heterocycles. The molecule has 4 rings (SSSR count). The number of carbonyl (C=O) groups is 2. The highest BCUT2D eigenvalue weighted by Crippen LogP contribution is 2.35. The molecule has 2 amide bonds. The summed E-state index contributed by atoms with van der Waals surface area (Å²) >= 11 is 12.8. The Kier molecular flexibility index (Phi) is 10.9. The number of hydrogen-bond donors (Lipinski definition) is 1. The van der Waals surface area contributed by atoms with Gasteiger partial charge in [0.2, 0.25) is 11.8 Å². The summed E-state index contributed by atoms with van der Waals surface area (Å²) in [6, 6.07) is 28.5. The number of halogens is 2. The third kappa shape index (κ3) is 7.96. The Balaban J connectivity index is 1.82. The lowest BCUT2D eigenvalue weighted by molar-refractivity contribution is -0.140. The topological polar surface area (TPSA) is 86.8 Å². The molecular weight excluding hydrogens is 605 g/mol. The lowest BCUT2D eigenvalue weighted by atomic mass is 10.0. The van der Waals surface area contributed by atoms with Gasteiger partial charge < -0.3 is 10.2 Å². The Hall–Kier alpha value is -3.85. The Bertz CT molecular complexity index is 1670. The maximum absolute atomic E-state index is 14.4. The molecule has 0 saturated carbocycles. The molecule has 0 fully saturated rings. The van der Waals surface area contributed by atoms with Gasteiger partial charge in [0.05, 0.1) is 20.6 Å². The van der Waals surface area contributed by atoms with Gasteiger partial charge in [-0.05, 0) is 49.2 Å². The average molecular weight is 639 g/mol. The first kappa shape index (κ1) is 32.1. The maximum Gasteiger partial charge on any atom is 0.264 e. The van der Waals surface area contributed by atoms with Crippen molar-refractivity contribution in [1.82, 2.24) is 10.2 Å². The second-order valence-corrected chi connectivity index (χ2v) is 12.7. The second kappa shape index (κ2) is 14.6. The number of anilines is 1. The highest BCUT2D eigenvalue weighted by molar-refractivity contribution is 7.92. The largest absolute Gasteiger partial charge is 0.355 e. The number of hydrogen-bond acceptors (Lipinski definition) is 4. The number of amides is 2. The molecular formula is C33H33Cl2N3O4S. The van der Waals surface area contributed by atoms with Crippen LogP contribution in [-0.2, 0) is 32.6 Å². The molecule has 1 atom stereocenters. The minimum absolute atomic E-state index is 0.00808. The van der Waals surface area contributed by atoms with Crippen LogP contribution < -0.4 is 9.62 Å². The van der Waals surface area contributed by atoms with Crippen molar-refractivity contribution in [3.05, 3.63) is 130 Å². The zero-order chi connectivity index (χ0) is 31.0. The maximum atomic E-state index is 14.4. The minimum Gasteiger partial charge on any atom is -0.355 e. The van der Waals surface area contributed by atoms with Crippen LogP contribution in [0.15, 0.2) is 108 Å². The first-order chi connectivity index (χ1) is 20.6. The van der Waals surface area contributed by atoms with Gasteiger partial charge in [0.25, 0.3) is 10.0 Å². The van der Waals surface area contributed by atoms with E-state index in [9.17, 15) is 18.0 Å². The number of benzene rings is 4. The van der Waals surface area contributed by atoms with E-state index in [0.29, 0.717) is 6.54 Å². The summed E-state index contributed by atoms with van der Waals surface area (Å²) in [4.78, 5) is 29.4. The van der Waals surface area contributed by atoms with Gasteiger partial charge in [-0.2, -0.15) is 0 Å². The molecule has 0 spiro atoms. The van der Waals surface area contributed by atoms with Gasteiger partial charge in [0.1, 0.15) is 12.6 Å². The predicted octanol–water partition coefficient (Wildman–Crippen LogP) is 6.27. The number of nitrogens with zero attached hydrogens (tertiary/aromatic N) is 2. The average Bonchev–Trinajstić information content (AvgIpc) is 3.00. The summed E-state index contributed by atoms with van der Waals surface area (Å²) in [5.74, 6) is -0.921. The van der Waals surface area contributed by atoms with Crippen LogP contribution in [0.3, 0.4) is 0 Å². The van der Waals surface area contributed by atoms with E-state index in [-0.39, 0.29) is 39.5 Å². The van der Waals surface area contributed by atoms with Crippen molar-refractivity contribution in [2.75, 3.05) is 17.4 Å². The number of rotatable bonds is 12. The second-order valence-electron chi connectivity index (χ2n) is 10.0. The van der Waals surface area contributed by atoms with E-state index in [4.69, 9.17) is 23.2 Å². The highest BCUT2D eigenvalue weighted by Gasteiger charge is 2.35. The van der Waals surface area contributed by atoms with Crippen LogP contribution in [0, 0.1) is 6.92 Å². The zero-order valence-electron chi connectivity index (χ0n) is 23.9. The van der Waals surface area contributed by atoms with Gasteiger partial charge in [0.15, 0.2) is 0 Å². The van der Waals surface area contributed by atoms with Gasteiger partial charge in [-0.25, -0.2) is 8.42 Å². The Morgan fingerprint density at radius 1 is 0.837 bits per heavy atom. The third-order valence-electron chi connectivity index (χ3n) is 6.87. The van der Waals surface area contributed by atoms with Crippen LogP contribution >= 0.6 is 23.2 Å². The lowest BCUT2D eigenvalue weighted by Crippen LogP contribution is -2.53. The van der Waals surface area contributed by atoms with E-state index in [1.807, 2.05) is 61.5 Å². The van der Waals surface area contributed by atoms with E-state index in [1.165, 1.54) is 29.2 Å². The molecule has 0 aromatic heterocycles. The van der Waals surface area contributed by atoms with Crippen molar-refractivity contribution >= 4 is 50.7 Å². The van der Waals surface area contributed by atoms with Crippen molar-refractivity contribution in [3.63, 3.8) is 0 Å². The number of carbonyl (C=O) groups excluding carboxylic acids is 2. The first-order valence-electron chi connectivity index (χ1n) is 13.8. The van der Waals surface area contributed by atoms with Crippen LogP contribution in [0.2, 0.25) is 10.0 Å². The monoisotopic (exact) mass is 637 g/mol. The van der Waals surface area contributed by atoms with Crippen molar-refractivity contribution in [2.24, 2.45) is 0 Å². The van der Waals surface area contributed by atoms with Crippen LogP contribution in [0.4, 0.5) is 5.69 Å². The molecule has 224 valence electrons. The summed E-state index contributed by atoms with van der Waals surface area (Å²) in [7, 11) is -4.27. The SMILES string of the molecule is CCNC(=O)C(Cc1ccccc1)N(Cc1cccc(C)c1)C(=O)CN(c1cccc(Cl)c1Cl)S(=O)(=O)c1ccccc1. The molecule has 0 saturated heterocycles. The molecule has 1 N–H and O–H groups in total. The standard InChI is InChI=1S/C33H33Cl2N3O4S/c1-3-36-33(40)30(21-25-13-6-4-7-14-25)37(22-26-15-10-12-24(2)20-26)31(39)23-38(29-19-11-18-28(34)32(29)35)43(41,42)27-16-8-5-9-17-27/h4-20,30H,3,21-23H2,1-2H3,(H,36,40). The Morgan fingerprint density at radius 3 is 2.12 bits per heavy atom. The Morgan fingerprint density at radius 2 is 1.47 bits per heavy atom. The molecule has 43 heavy (non-hydrogen) atoms. The molecule has 4 aromatic carbocycles. The summed E-state index contributed by atoms with van der Waals surface area (Å²) in [6.45, 7) is 3.57. The fraction of sp³-hybridized carbons (Fsp3) is 0.212. The highest BCUT2D eigenvalue weighted by atomic mass is 35.5. The van der Waals surface area contributed by atoms with Crippen molar-refractivity contribution < 1.29 is 18.0 Å². The van der Waals surface area contributed by atoms with Crippen LogP contribution in [0.25, 0.3) is 0 Å². The van der Waals surface area contributed by atoms with Gasteiger partial charge >= 0.3 is 0 Å². The van der Waals surface area contributed by atoms with Gasteiger partial charge in [-0.15, -0.1) is 0 Å². The molecule has 0 radical (unpaired) electrons. The Labute approximate surface area is 263 Å².